The van der Waals surface area contributed by atoms with Crippen LogP contribution < -0.4 is 0 Å². The molecule has 1 fully saturated rings. The van der Waals surface area contributed by atoms with Crippen LogP contribution in [-0.2, 0) is 4.74 Å². The maximum absolute atomic E-state index is 5.95. The van der Waals surface area contributed by atoms with Gasteiger partial charge in [0, 0.05) is 31.6 Å². The first-order valence-electron chi connectivity index (χ1n) is 5.78. The number of likely N-dealkylation sites (N-methyl/N-ethyl adjacent to an activating group) is 2. The van der Waals surface area contributed by atoms with Gasteiger partial charge in [-0.15, -0.1) is 11.6 Å². The van der Waals surface area contributed by atoms with Crippen LogP contribution in [0.2, 0.25) is 0 Å². The Kier molecular flexibility index (Phi) is 5.90. The molecular formula is C11H23ClN2O. The molecule has 1 heterocycles. The van der Waals surface area contributed by atoms with Crippen LogP contribution in [0, 0.1) is 0 Å². The van der Waals surface area contributed by atoms with E-state index in [-0.39, 0.29) is 5.38 Å². The van der Waals surface area contributed by atoms with Gasteiger partial charge in [-0.3, -0.25) is 4.90 Å². The predicted octanol–water partition coefficient (Wildman–Crippen LogP) is 1.27. The third-order valence-electron chi connectivity index (χ3n) is 2.75. The lowest BCUT2D eigenvalue weighted by molar-refractivity contribution is -0.0387. The fourth-order valence-electron chi connectivity index (χ4n) is 2.03. The maximum Gasteiger partial charge on any atom is 0.0829 e. The van der Waals surface area contributed by atoms with E-state index in [1.54, 1.807) is 0 Å². The van der Waals surface area contributed by atoms with E-state index in [0.717, 1.165) is 39.3 Å². The van der Waals surface area contributed by atoms with E-state index >= 15 is 0 Å². The van der Waals surface area contributed by atoms with Crippen LogP contribution in [0.5, 0.6) is 0 Å². The molecule has 1 aliphatic heterocycles. The summed E-state index contributed by atoms with van der Waals surface area (Å²) in [4.78, 5) is 4.69. The van der Waals surface area contributed by atoms with Gasteiger partial charge in [-0.25, -0.2) is 0 Å². The van der Waals surface area contributed by atoms with Gasteiger partial charge < -0.3 is 9.64 Å². The van der Waals surface area contributed by atoms with Crippen LogP contribution in [0.1, 0.15) is 13.8 Å². The molecule has 0 bridgehead atoms. The highest BCUT2D eigenvalue weighted by Crippen LogP contribution is 2.07. The lowest BCUT2D eigenvalue weighted by Crippen LogP contribution is -2.47. The summed E-state index contributed by atoms with van der Waals surface area (Å²) in [5, 5.41) is 0.209. The van der Waals surface area contributed by atoms with Crippen LogP contribution >= 0.6 is 11.6 Å². The van der Waals surface area contributed by atoms with E-state index in [9.17, 15) is 0 Å². The summed E-state index contributed by atoms with van der Waals surface area (Å²) in [5.41, 5.74) is 0. The first-order chi connectivity index (χ1) is 7.11. The molecule has 0 aromatic carbocycles. The number of morpholine rings is 1. The van der Waals surface area contributed by atoms with Crippen molar-refractivity contribution in [2.45, 2.75) is 25.3 Å². The second-order valence-corrected chi connectivity index (χ2v) is 5.13. The molecule has 2 atom stereocenters. The molecule has 0 spiro atoms. The van der Waals surface area contributed by atoms with Crippen molar-refractivity contribution in [1.29, 1.82) is 0 Å². The average molecular weight is 235 g/mol. The van der Waals surface area contributed by atoms with Crippen molar-refractivity contribution < 1.29 is 4.74 Å². The molecule has 1 aliphatic rings. The minimum Gasteiger partial charge on any atom is -0.374 e. The van der Waals surface area contributed by atoms with Gasteiger partial charge in [-0.1, -0.05) is 6.92 Å². The van der Waals surface area contributed by atoms with Gasteiger partial charge in [0.1, 0.15) is 0 Å². The second kappa shape index (κ2) is 6.69. The average Bonchev–Trinajstić information content (AvgIpc) is 2.16. The van der Waals surface area contributed by atoms with Crippen LogP contribution in [0.25, 0.3) is 0 Å². The van der Waals surface area contributed by atoms with Gasteiger partial charge in [-0.05, 0) is 20.5 Å². The van der Waals surface area contributed by atoms with Crippen LogP contribution in [0.3, 0.4) is 0 Å². The zero-order valence-corrected chi connectivity index (χ0v) is 10.8. The van der Waals surface area contributed by atoms with Crippen molar-refractivity contribution in [2.24, 2.45) is 0 Å². The standard InChI is InChI=1S/C11H23ClN2O/c1-4-14-5-6-15-11(9-14)8-13(3)7-10(2)12/h10-11H,4-9H2,1-3H3. The Morgan fingerprint density at radius 2 is 2.33 bits per heavy atom. The van der Waals surface area contributed by atoms with E-state index in [1.807, 2.05) is 6.92 Å². The Morgan fingerprint density at radius 3 is 2.93 bits per heavy atom. The largest absolute Gasteiger partial charge is 0.374 e. The molecule has 1 rings (SSSR count). The van der Waals surface area contributed by atoms with Crippen LogP contribution in [0.15, 0.2) is 0 Å². The van der Waals surface area contributed by atoms with Gasteiger partial charge in [-0.2, -0.15) is 0 Å². The number of alkyl halides is 1. The normalized spacial score (nSPS) is 25.8. The Labute approximate surface area is 98.3 Å². The Morgan fingerprint density at radius 1 is 1.60 bits per heavy atom. The Balaban J connectivity index is 2.25. The number of nitrogens with zero attached hydrogens (tertiary/aromatic N) is 2. The van der Waals surface area contributed by atoms with Crippen LogP contribution in [0.4, 0.5) is 0 Å². The molecule has 0 saturated carbocycles. The number of halogens is 1. The molecular weight excluding hydrogens is 212 g/mol. The van der Waals surface area contributed by atoms with Gasteiger partial charge in [0.05, 0.1) is 12.7 Å². The van der Waals surface area contributed by atoms with Gasteiger partial charge in [0.2, 0.25) is 0 Å². The lowest BCUT2D eigenvalue weighted by Gasteiger charge is -2.34. The molecule has 1 saturated heterocycles. The SMILES string of the molecule is CCN1CCOC(CN(C)CC(C)Cl)C1. The van der Waals surface area contributed by atoms with E-state index in [4.69, 9.17) is 16.3 Å². The van der Waals surface area contributed by atoms with E-state index in [2.05, 4.69) is 23.8 Å². The number of rotatable bonds is 5. The summed E-state index contributed by atoms with van der Waals surface area (Å²) in [7, 11) is 2.10. The summed E-state index contributed by atoms with van der Waals surface area (Å²) in [5.74, 6) is 0. The highest BCUT2D eigenvalue weighted by Gasteiger charge is 2.20. The minimum absolute atomic E-state index is 0.209. The third-order valence-corrected chi connectivity index (χ3v) is 2.89. The third kappa shape index (κ3) is 5.16. The van der Waals surface area contributed by atoms with E-state index in [1.165, 1.54) is 0 Å². The lowest BCUT2D eigenvalue weighted by atomic mass is 10.2. The first-order valence-corrected chi connectivity index (χ1v) is 6.22. The van der Waals surface area contributed by atoms with Crippen molar-refractivity contribution in [3.8, 4) is 0 Å². The first kappa shape index (κ1) is 13.2. The molecule has 0 aromatic heterocycles. The molecule has 0 N–H and O–H groups in total. The smallest absolute Gasteiger partial charge is 0.0829 e. The predicted molar refractivity (Wildman–Crippen MR) is 64.7 cm³/mol. The number of ether oxygens (including phenoxy) is 1. The fraction of sp³-hybridized carbons (Fsp3) is 1.00. The topological polar surface area (TPSA) is 15.7 Å². The molecule has 0 aromatic rings. The number of hydrogen-bond acceptors (Lipinski definition) is 3. The quantitative estimate of drug-likeness (QED) is 0.667. The second-order valence-electron chi connectivity index (χ2n) is 4.39. The summed E-state index contributed by atoms with van der Waals surface area (Å²) in [6, 6.07) is 0. The monoisotopic (exact) mass is 234 g/mol. The molecule has 2 unspecified atom stereocenters. The zero-order chi connectivity index (χ0) is 11.3. The zero-order valence-electron chi connectivity index (χ0n) is 10.1. The highest BCUT2D eigenvalue weighted by atomic mass is 35.5. The van der Waals surface area contributed by atoms with Gasteiger partial charge in [0.15, 0.2) is 0 Å². The molecule has 90 valence electrons. The summed E-state index contributed by atoms with van der Waals surface area (Å²) < 4.78 is 5.74. The van der Waals surface area contributed by atoms with E-state index < -0.39 is 0 Å². The minimum atomic E-state index is 0.209. The Hall–Kier alpha value is 0.170. The molecule has 0 radical (unpaired) electrons. The summed E-state index contributed by atoms with van der Waals surface area (Å²) >= 11 is 5.95. The maximum atomic E-state index is 5.95. The van der Waals surface area contributed by atoms with Gasteiger partial charge in [0.25, 0.3) is 0 Å². The van der Waals surface area contributed by atoms with Gasteiger partial charge >= 0.3 is 0 Å². The summed E-state index contributed by atoms with van der Waals surface area (Å²) in [6.45, 7) is 10.2. The summed E-state index contributed by atoms with van der Waals surface area (Å²) in [6.07, 6.45) is 0.346. The van der Waals surface area contributed by atoms with E-state index in [0.29, 0.717) is 6.10 Å². The van der Waals surface area contributed by atoms with Crippen molar-refractivity contribution >= 4 is 11.6 Å². The molecule has 3 nitrogen and oxygen atoms in total. The Bertz CT molecular complexity index is 178. The van der Waals surface area contributed by atoms with Crippen molar-refractivity contribution in [3.63, 3.8) is 0 Å². The molecule has 15 heavy (non-hydrogen) atoms. The highest BCUT2D eigenvalue weighted by molar-refractivity contribution is 6.20. The van der Waals surface area contributed by atoms with Crippen molar-refractivity contribution in [3.05, 3.63) is 0 Å². The fourth-order valence-corrected chi connectivity index (χ4v) is 2.27. The van der Waals surface area contributed by atoms with Crippen LogP contribution in [-0.4, -0.2) is 67.7 Å². The molecule has 4 heteroatoms. The van der Waals surface area contributed by atoms with Crippen molar-refractivity contribution in [2.75, 3.05) is 46.4 Å². The van der Waals surface area contributed by atoms with Crippen molar-refractivity contribution in [1.82, 2.24) is 9.80 Å². The molecule has 0 aliphatic carbocycles. The molecule has 0 amide bonds. The number of hydrogen-bond donors (Lipinski definition) is 0.